The van der Waals surface area contributed by atoms with E-state index in [-0.39, 0.29) is 5.91 Å². The summed E-state index contributed by atoms with van der Waals surface area (Å²) in [4.78, 5) is 15.1. The average Bonchev–Trinajstić information content (AvgIpc) is 3.24. The van der Waals surface area contributed by atoms with Gasteiger partial charge in [-0.1, -0.05) is 62.2 Å². The van der Waals surface area contributed by atoms with Gasteiger partial charge in [0, 0.05) is 31.4 Å². The monoisotopic (exact) mass is 418 g/mol. The molecule has 4 heteroatoms. The predicted octanol–water partition coefficient (Wildman–Crippen LogP) is 5.70. The molecule has 0 spiro atoms. The van der Waals surface area contributed by atoms with Crippen molar-refractivity contribution >= 4 is 5.91 Å². The van der Waals surface area contributed by atoms with Crippen LogP contribution in [-0.2, 0) is 24.3 Å². The van der Waals surface area contributed by atoms with Crippen molar-refractivity contribution in [3.05, 3.63) is 89.7 Å². The number of aromatic nitrogens is 1. The van der Waals surface area contributed by atoms with Crippen LogP contribution in [0, 0.1) is 0 Å². The number of methoxy groups -OCH3 is 1. The van der Waals surface area contributed by atoms with E-state index in [1.165, 1.54) is 11.1 Å². The second kappa shape index (κ2) is 12.0. The number of benzene rings is 2. The quantitative estimate of drug-likeness (QED) is 0.354. The Bertz CT molecular complexity index is 933. The fourth-order valence-electron chi connectivity index (χ4n) is 3.81. The summed E-state index contributed by atoms with van der Waals surface area (Å²) in [5.74, 6) is 1.09. The van der Waals surface area contributed by atoms with Crippen LogP contribution in [-0.4, -0.2) is 29.0 Å². The molecule has 0 N–H and O–H groups in total. The number of amides is 1. The molecule has 1 heterocycles. The molecule has 0 unspecified atom stereocenters. The van der Waals surface area contributed by atoms with Crippen LogP contribution in [0.15, 0.2) is 72.9 Å². The molecule has 0 aliphatic carbocycles. The number of aryl methyl sites for hydroxylation is 1. The first-order valence-corrected chi connectivity index (χ1v) is 11.3. The molecule has 0 radical (unpaired) electrons. The standard InChI is InChI=1S/C27H34N2O2/c1-3-4-8-18-29(27(30)17-16-23-11-6-5-7-12-23)22-25-14-10-19-28(25)21-24-13-9-15-26(20-24)31-2/h5-7,9-15,19-20H,3-4,8,16-18,21-22H2,1-2H3. The highest BCUT2D eigenvalue weighted by Gasteiger charge is 2.16. The molecule has 0 fully saturated rings. The lowest BCUT2D eigenvalue weighted by Gasteiger charge is -2.24. The molecule has 0 saturated heterocycles. The molecule has 31 heavy (non-hydrogen) atoms. The Morgan fingerprint density at radius 2 is 1.77 bits per heavy atom. The van der Waals surface area contributed by atoms with Crippen LogP contribution >= 0.6 is 0 Å². The molecular formula is C27H34N2O2. The number of carbonyl (C=O) groups excluding carboxylic acids is 1. The van der Waals surface area contributed by atoms with Crippen molar-refractivity contribution in [3.63, 3.8) is 0 Å². The molecule has 1 amide bonds. The van der Waals surface area contributed by atoms with Crippen molar-refractivity contribution in [2.45, 2.75) is 52.1 Å². The van der Waals surface area contributed by atoms with Gasteiger partial charge < -0.3 is 14.2 Å². The maximum absolute atomic E-state index is 13.1. The van der Waals surface area contributed by atoms with Crippen LogP contribution in [0.2, 0.25) is 0 Å². The molecule has 0 saturated carbocycles. The maximum Gasteiger partial charge on any atom is 0.223 e. The van der Waals surface area contributed by atoms with Gasteiger partial charge in [-0.2, -0.15) is 0 Å². The Labute approximate surface area is 186 Å². The molecule has 3 rings (SSSR count). The summed E-state index contributed by atoms with van der Waals surface area (Å²) in [7, 11) is 1.69. The van der Waals surface area contributed by atoms with E-state index in [1.54, 1.807) is 7.11 Å². The van der Waals surface area contributed by atoms with Gasteiger partial charge in [0.25, 0.3) is 0 Å². The molecule has 164 valence electrons. The van der Waals surface area contributed by atoms with Crippen LogP contribution in [0.4, 0.5) is 0 Å². The lowest BCUT2D eigenvalue weighted by Crippen LogP contribution is -2.32. The van der Waals surface area contributed by atoms with Gasteiger partial charge in [-0.3, -0.25) is 4.79 Å². The number of unbranched alkanes of at least 4 members (excludes halogenated alkanes) is 2. The van der Waals surface area contributed by atoms with Crippen molar-refractivity contribution in [2.75, 3.05) is 13.7 Å². The zero-order chi connectivity index (χ0) is 21.9. The largest absolute Gasteiger partial charge is 0.497 e. The molecule has 4 nitrogen and oxygen atoms in total. The van der Waals surface area contributed by atoms with Crippen LogP contribution in [0.5, 0.6) is 5.75 Å². The van der Waals surface area contributed by atoms with Gasteiger partial charge in [-0.05, 0) is 48.2 Å². The minimum Gasteiger partial charge on any atom is -0.497 e. The maximum atomic E-state index is 13.1. The summed E-state index contributed by atoms with van der Waals surface area (Å²) in [5, 5.41) is 0. The number of ether oxygens (including phenoxy) is 1. The summed E-state index contributed by atoms with van der Waals surface area (Å²) in [6, 6.07) is 22.6. The highest BCUT2D eigenvalue weighted by Crippen LogP contribution is 2.17. The Morgan fingerprint density at radius 3 is 2.55 bits per heavy atom. The van der Waals surface area contributed by atoms with E-state index < -0.39 is 0 Å². The minimum atomic E-state index is 0.231. The zero-order valence-electron chi connectivity index (χ0n) is 18.8. The number of hydrogen-bond acceptors (Lipinski definition) is 2. The highest BCUT2D eigenvalue weighted by molar-refractivity contribution is 5.76. The van der Waals surface area contributed by atoms with Gasteiger partial charge >= 0.3 is 0 Å². The fraction of sp³-hybridized carbons (Fsp3) is 0.370. The van der Waals surface area contributed by atoms with Crippen molar-refractivity contribution in [3.8, 4) is 5.75 Å². The summed E-state index contributed by atoms with van der Waals surface area (Å²) < 4.78 is 7.58. The van der Waals surface area contributed by atoms with Gasteiger partial charge in [0.2, 0.25) is 5.91 Å². The molecule has 0 atom stereocenters. The predicted molar refractivity (Wildman–Crippen MR) is 126 cm³/mol. The molecule has 1 aromatic heterocycles. The van der Waals surface area contributed by atoms with E-state index in [0.717, 1.165) is 50.2 Å². The lowest BCUT2D eigenvalue weighted by atomic mass is 10.1. The summed E-state index contributed by atoms with van der Waals surface area (Å²) >= 11 is 0. The Morgan fingerprint density at radius 1 is 0.968 bits per heavy atom. The number of hydrogen-bond donors (Lipinski definition) is 0. The molecule has 0 aliphatic heterocycles. The van der Waals surface area contributed by atoms with Crippen molar-refractivity contribution in [2.24, 2.45) is 0 Å². The smallest absolute Gasteiger partial charge is 0.223 e. The second-order valence-electron chi connectivity index (χ2n) is 7.99. The lowest BCUT2D eigenvalue weighted by molar-refractivity contribution is -0.132. The topological polar surface area (TPSA) is 34.5 Å². The van der Waals surface area contributed by atoms with Gasteiger partial charge in [0.1, 0.15) is 5.75 Å². The third-order valence-electron chi connectivity index (χ3n) is 5.62. The van der Waals surface area contributed by atoms with Crippen molar-refractivity contribution < 1.29 is 9.53 Å². The summed E-state index contributed by atoms with van der Waals surface area (Å²) in [6.45, 7) is 4.42. The third kappa shape index (κ3) is 7.02. The van der Waals surface area contributed by atoms with E-state index in [2.05, 4.69) is 54.1 Å². The Balaban J connectivity index is 1.67. The Kier molecular flexibility index (Phi) is 8.77. The SMILES string of the molecule is CCCCCN(Cc1cccn1Cc1cccc(OC)c1)C(=O)CCc1ccccc1. The van der Waals surface area contributed by atoms with Gasteiger partial charge in [-0.15, -0.1) is 0 Å². The van der Waals surface area contributed by atoms with E-state index in [1.807, 2.05) is 35.2 Å². The van der Waals surface area contributed by atoms with E-state index in [4.69, 9.17) is 4.74 Å². The number of nitrogens with zero attached hydrogens (tertiary/aromatic N) is 2. The zero-order valence-corrected chi connectivity index (χ0v) is 18.8. The minimum absolute atomic E-state index is 0.231. The number of rotatable bonds is 12. The van der Waals surface area contributed by atoms with Crippen molar-refractivity contribution in [1.29, 1.82) is 0 Å². The van der Waals surface area contributed by atoms with Crippen LogP contribution in [0.3, 0.4) is 0 Å². The molecule has 0 bridgehead atoms. The van der Waals surface area contributed by atoms with E-state index >= 15 is 0 Å². The average molecular weight is 419 g/mol. The second-order valence-corrected chi connectivity index (χ2v) is 7.99. The van der Waals surface area contributed by atoms with E-state index in [9.17, 15) is 4.79 Å². The molecule has 0 aliphatic rings. The first-order valence-electron chi connectivity index (χ1n) is 11.3. The van der Waals surface area contributed by atoms with Gasteiger partial charge in [0.15, 0.2) is 0 Å². The van der Waals surface area contributed by atoms with Crippen LogP contribution in [0.1, 0.15) is 49.4 Å². The molecule has 2 aromatic carbocycles. The number of carbonyl (C=O) groups is 1. The summed E-state index contributed by atoms with van der Waals surface area (Å²) in [5.41, 5.74) is 3.56. The van der Waals surface area contributed by atoms with Gasteiger partial charge in [0.05, 0.1) is 13.7 Å². The van der Waals surface area contributed by atoms with Crippen molar-refractivity contribution in [1.82, 2.24) is 9.47 Å². The van der Waals surface area contributed by atoms with Crippen LogP contribution < -0.4 is 4.74 Å². The van der Waals surface area contributed by atoms with E-state index in [0.29, 0.717) is 13.0 Å². The molecule has 3 aromatic rings. The van der Waals surface area contributed by atoms with Crippen LogP contribution in [0.25, 0.3) is 0 Å². The molecular weight excluding hydrogens is 384 g/mol. The van der Waals surface area contributed by atoms with Gasteiger partial charge in [-0.25, -0.2) is 0 Å². The first-order chi connectivity index (χ1) is 15.2. The first kappa shape index (κ1) is 22.7. The highest BCUT2D eigenvalue weighted by atomic mass is 16.5. The fourth-order valence-corrected chi connectivity index (χ4v) is 3.81. The summed E-state index contributed by atoms with van der Waals surface area (Å²) in [6.07, 6.45) is 6.77. The normalized spacial score (nSPS) is 10.8. The third-order valence-corrected chi connectivity index (χ3v) is 5.62. The Hall–Kier alpha value is -3.01.